The standard InChI is InChI=1S/C14H18N4O2/c19-14(7-6-11-4-3-9-20-11)15-10-13-17-16-12-5-1-2-8-18(12)13/h1-2,5,8,11H,3-4,6-7,9-10H2,(H,15,19)/t11-/m0/s1. The Morgan fingerprint density at radius 3 is 3.25 bits per heavy atom. The minimum absolute atomic E-state index is 0.0354. The lowest BCUT2D eigenvalue weighted by molar-refractivity contribution is -0.121. The number of amides is 1. The van der Waals surface area contributed by atoms with E-state index < -0.39 is 0 Å². The van der Waals surface area contributed by atoms with Crippen molar-refractivity contribution in [3.8, 4) is 0 Å². The highest BCUT2D eigenvalue weighted by atomic mass is 16.5. The fourth-order valence-corrected chi connectivity index (χ4v) is 2.44. The minimum atomic E-state index is 0.0354. The Balaban J connectivity index is 1.49. The van der Waals surface area contributed by atoms with E-state index in [2.05, 4.69) is 15.5 Å². The molecule has 1 saturated heterocycles. The molecular formula is C14H18N4O2. The summed E-state index contributed by atoms with van der Waals surface area (Å²) in [5, 5.41) is 11.0. The summed E-state index contributed by atoms with van der Waals surface area (Å²) in [5.41, 5.74) is 0.788. The van der Waals surface area contributed by atoms with Crippen molar-refractivity contribution in [2.24, 2.45) is 0 Å². The molecule has 1 fully saturated rings. The monoisotopic (exact) mass is 274 g/mol. The molecule has 1 atom stereocenters. The van der Waals surface area contributed by atoms with Crippen molar-refractivity contribution in [2.75, 3.05) is 6.61 Å². The first kappa shape index (κ1) is 13.1. The van der Waals surface area contributed by atoms with Gasteiger partial charge in [0, 0.05) is 19.2 Å². The third-order valence-electron chi connectivity index (χ3n) is 3.55. The van der Waals surface area contributed by atoms with Gasteiger partial charge in [0.2, 0.25) is 5.91 Å². The Morgan fingerprint density at radius 2 is 2.40 bits per heavy atom. The number of aromatic nitrogens is 3. The molecule has 0 unspecified atom stereocenters. The van der Waals surface area contributed by atoms with Crippen LogP contribution in [0.25, 0.3) is 5.65 Å². The molecular weight excluding hydrogens is 256 g/mol. The van der Waals surface area contributed by atoms with Gasteiger partial charge in [-0.3, -0.25) is 9.20 Å². The maximum absolute atomic E-state index is 11.8. The molecule has 1 aliphatic heterocycles. The van der Waals surface area contributed by atoms with E-state index in [0.29, 0.717) is 13.0 Å². The molecule has 6 heteroatoms. The van der Waals surface area contributed by atoms with Gasteiger partial charge in [-0.15, -0.1) is 10.2 Å². The van der Waals surface area contributed by atoms with Gasteiger partial charge in [0.05, 0.1) is 12.6 Å². The van der Waals surface area contributed by atoms with Crippen LogP contribution in [-0.2, 0) is 16.1 Å². The van der Waals surface area contributed by atoms with Gasteiger partial charge < -0.3 is 10.1 Å². The molecule has 0 aromatic carbocycles. The second-order valence-corrected chi connectivity index (χ2v) is 5.00. The topological polar surface area (TPSA) is 68.5 Å². The van der Waals surface area contributed by atoms with Gasteiger partial charge in [-0.1, -0.05) is 6.07 Å². The SMILES string of the molecule is O=C(CC[C@@H]1CCCO1)NCc1nnc2ccccn12. The zero-order valence-corrected chi connectivity index (χ0v) is 11.3. The van der Waals surface area contributed by atoms with Gasteiger partial charge in [0.1, 0.15) is 0 Å². The number of rotatable bonds is 5. The Labute approximate surface area is 117 Å². The third kappa shape index (κ3) is 2.96. The van der Waals surface area contributed by atoms with Gasteiger partial charge in [-0.25, -0.2) is 0 Å². The molecule has 6 nitrogen and oxygen atoms in total. The molecule has 0 saturated carbocycles. The molecule has 0 bridgehead atoms. The smallest absolute Gasteiger partial charge is 0.220 e. The van der Waals surface area contributed by atoms with E-state index in [-0.39, 0.29) is 12.0 Å². The van der Waals surface area contributed by atoms with Crippen LogP contribution in [0.15, 0.2) is 24.4 Å². The zero-order chi connectivity index (χ0) is 13.8. The van der Waals surface area contributed by atoms with E-state index in [1.54, 1.807) is 0 Å². The van der Waals surface area contributed by atoms with E-state index in [0.717, 1.165) is 37.3 Å². The van der Waals surface area contributed by atoms with Crippen LogP contribution in [0.1, 0.15) is 31.5 Å². The van der Waals surface area contributed by atoms with Gasteiger partial charge in [0.25, 0.3) is 0 Å². The summed E-state index contributed by atoms with van der Waals surface area (Å²) >= 11 is 0. The molecule has 3 rings (SSSR count). The second-order valence-electron chi connectivity index (χ2n) is 5.00. The first-order chi connectivity index (χ1) is 9.83. The van der Waals surface area contributed by atoms with E-state index in [9.17, 15) is 4.79 Å². The number of hydrogen-bond acceptors (Lipinski definition) is 4. The Morgan fingerprint density at radius 1 is 1.45 bits per heavy atom. The van der Waals surface area contributed by atoms with Gasteiger partial charge in [-0.2, -0.15) is 0 Å². The Bertz CT molecular complexity index is 590. The van der Waals surface area contributed by atoms with Crippen LogP contribution in [0.3, 0.4) is 0 Å². The van der Waals surface area contributed by atoms with Crippen molar-refractivity contribution in [1.29, 1.82) is 0 Å². The predicted octanol–water partition coefficient (Wildman–Crippen LogP) is 1.30. The van der Waals surface area contributed by atoms with Crippen molar-refractivity contribution in [2.45, 2.75) is 38.3 Å². The average Bonchev–Trinajstić information content (AvgIpc) is 3.12. The summed E-state index contributed by atoms with van der Waals surface area (Å²) in [7, 11) is 0. The molecule has 1 aliphatic rings. The molecule has 2 aromatic heterocycles. The second kappa shape index (κ2) is 6.00. The fraction of sp³-hybridized carbons (Fsp3) is 0.500. The van der Waals surface area contributed by atoms with E-state index in [1.807, 2.05) is 28.8 Å². The lowest BCUT2D eigenvalue weighted by Crippen LogP contribution is -2.25. The normalized spacial score (nSPS) is 18.5. The summed E-state index contributed by atoms with van der Waals surface area (Å²) in [4.78, 5) is 11.8. The number of carbonyl (C=O) groups is 1. The Hall–Kier alpha value is -1.95. The van der Waals surface area contributed by atoms with Crippen LogP contribution in [0.5, 0.6) is 0 Å². The maximum Gasteiger partial charge on any atom is 0.220 e. The number of nitrogens with one attached hydrogen (secondary N) is 1. The van der Waals surface area contributed by atoms with Crippen molar-refractivity contribution in [3.63, 3.8) is 0 Å². The van der Waals surface area contributed by atoms with E-state index in [4.69, 9.17) is 4.74 Å². The highest BCUT2D eigenvalue weighted by molar-refractivity contribution is 5.75. The molecule has 3 heterocycles. The molecule has 2 aromatic rings. The maximum atomic E-state index is 11.8. The Kier molecular flexibility index (Phi) is 3.92. The van der Waals surface area contributed by atoms with Gasteiger partial charge in [-0.05, 0) is 31.4 Å². The van der Waals surface area contributed by atoms with Crippen molar-refractivity contribution in [3.05, 3.63) is 30.2 Å². The van der Waals surface area contributed by atoms with Gasteiger partial charge in [0.15, 0.2) is 11.5 Å². The summed E-state index contributed by atoms with van der Waals surface area (Å²) in [6.07, 6.45) is 5.63. The highest BCUT2D eigenvalue weighted by Gasteiger charge is 2.16. The molecule has 106 valence electrons. The van der Waals surface area contributed by atoms with E-state index in [1.165, 1.54) is 0 Å². The highest BCUT2D eigenvalue weighted by Crippen LogP contribution is 2.16. The van der Waals surface area contributed by atoms with Crippen LogP contribution in [0.4, 0.5) is 0 Å². The fourth-order valence-electron chi connectivity index (χ4n) is 2.44. The number of pyridine rings is 1. The van der Waals surface area contributed by atoms with Crippen LogP contribution in [0.2, 0.25) is 0 Å². The first-order valence-electron chi connectivity index (χ1n) is 7.00. The van der Waals surface area contributed by atoms with Gasteiger partial charge >= 0.3 is 0 Å². The van der Waals surface area contributed by atoms with Crippen molar-refractivity contribution in [1.82, 2.24) is 19.9 Å². The third-order valence-corrected chi connectivity index (χ3v) is 3.55. The number of carbonyl (C=O) groups excluding carboxylic acids is 1. The molecule has 0 radical (unpaired) electrons. The quantitative estimate of drug-likeness (QED) is 0.892. The number of fused-ring (bicyclic) bond motifs is 1. The van der Waals surface area contributed by atoms with Crippen LogP contribution < -0.4 is 5.32 Å². The molecule has 1 N–H and O–H groups in total. The minimum Gasteiger partial charge on any atom is -0.378 e. The zero-order valence-electron chi connectivity index (χ0n) is 11.3. The summed E-state index contributed by atoms with van der Waals surface area (Å²) in [6, 6.07) is 5.71. The first-order valence-corrected chi connectivity index (χ1v) is 7.00. The summed E-state index contributed by atoms with van der Waals surface area (Å²) in [5.74, 6) is 0.777. The van der Waals surface area contributed by atoms with Crippen LogP contribution in [-0.4, -0.2) is 33.2 Å². The molecule has 0 spiro atoms. The van der Waals surface area contributed by atoms with Crippen molar-refractivity contribution >= 4 is 11.6 Å². The largest absolute Gasteiger partial charge is 0.378 e. The van der Waals surface area contributed by atoms with Crippen LogP contribution >= 0.6 is 0 Å². The number of hydrogen-bond donors (Lipinski definition) is 1. The summed E-state index contributed by atoms with van der Waals surface area (Å²) < 4.78 is 7.38. The van der Waals surface area contributed by atoms with E-state index >= 15 is 0 Å². The predicted molar refractivity (Wildman–Crippen MR) is 73.0 cm³/mol. The average molecular weight is 274 g/mol. The molecule has 20 heavy (non-hydrogen) atoms. The number of nitrogens with zero attached hydrogens (tertiary/aromatic N) is 3. The number of ether oxygens (including phenoxy) is 1. The lowest BCUT2D eigenvalue weighted by Gasteiger charge is -2.08. The molecule has 1 amide bonds. The summed E-state index contributed by atoms with van der Waals surface area (Å²) in [6.45, 7) is 1.23. The molecule has 0 aliphatic carbocycles. The van der Waals surface area contributed by atoms with Crippen LogP contribution in [0, 0.1) is 0 Å². The van der Waals surface area contributed by atoms with Crippen molar-refractivity contribution < 1.29 is 9.53 Å². The lowest BCUT2D eigenvalue weighted by atomic mass is 10.1.